The summed E-state index contributed by atoms with van der Waals surface area (Å²) in [7, 11) is 0. The number of hydrogen-bond acceptors (Lipinski definition) is 2. The molecule has 2 N–H and O–H groups in total. The molecule has 0 aliphatic heterocycles. The fourth-order valence-electron chi connectivity index (χ4n) is 1.33. The van der Waals surface area contributed by atoms with E-state index in [-0.39, 0.29) is 5.82 Å². The average molecular weight is 288 g/mol. The summed E-state index contributed by atoms with van der Waals surface area (Å²) in [4.78, 5) is 1.41. The third-order valence-corrected chi connectivity index (χ3v) is 3.99. The highest BCUT2D eigenvalue weighted by molar-refractivity contribution is 7.99. The fraction of sp³-hybridized carbons (Fsp3) is 0. The largest absolute Gasteiger partial charge is 0.399 e. The van der Waals surface area contributed by atoms with E-state index in [1.54, 1.807) is 24.3 Å². The molecule has 0 aliphatic carbocycles. The lowest BCUT2D eigenvalue weighted by Gasteiger charge is -2.07. The molecule has 0 saturated carbocycles. The van der Waals surface area contributed by atoms with Crippen molar-refractivity contribution in [3.63, 3.8) is 0 Å². The van der Waals surface area contributed by atoms with E-state index in [2.05, 4.69) is 0 Å². The van der Waals surface area contributed by atoms with E-state index in [0.29, 0.717) is 20.6 Å². The van der Waals surface area contributed by atoms with Crippen LogP contribution >= 0.6 is 35.0 Å². The maximum atomic E-state index is 13.0. The Labute approximate surface area is 113 Å². The van der Waals surface area contributed by atoms with E-state index >= 15 is 0 Å². The van der Waals surface area contributed by atoms with E-state index in [4.69, 9.17) is 28.9 Å². The Bertz CT molecular complexity index is 537. The third kappa shape index (κ3) is 3.06. The van der Waals surface area contributed by atoms with Gasteiger partial charge >= 0.3 is 0 Å². The second kappa shape index (κ2) is 5.17. The second-order valence-corrected chi connectivity index (χ2v) is 5.27. The minimum atomic E-state index is -0.294. The molecule has 88 valence electrons. The van der Waals surface area contributed by atoms with Gasteiger partial charge in [0, 0.05) is 15.5 Å². The predicted octanol–water partition coefficient (Wildman–Crippen LogP) is 4.87. The van der Waals surface area contributed by atoms with Crippen molar-refractivity contribution < 1.29 is 4.39 Å². The molecule has 17 heavy (non-hydrogen) atoms. The molecule has 5 heteroatoms. The Kier molecular flexibility index (Phi) is 3.82. The molecule has 2 rings (SSSR count). The standard InChI is InChI=1S/C12H8Cl2FNS/c13-10-5-8(16)6-11(14)12(10)17-9-3-1-2-7(15)4-9/h1-6H,16H2. The van der Waals surface area contributed by atoms with Crippen LogP contribution in [0.15, 0.2) is 46.2 Å². The van der Waals surface area contributed by atoms with Crippen molar-refractivity contribution in [3.05, 3.63) is 52.3 Å². The van der Waals surface area contributed by atoms with Crippen LogP contribution in [-0.2, 0) is 0 Å². The van der Waals surface area contributed by atoms with Gasteiger partial charge in [-0.15, -0.1) is 0 Å². The summed E-state index contributed by atoms with van der Waals surface area (Å²) in [6, 6.07) is 9.47. The van der Waals surface area contributed by atoms with Crippen LogP contribution in [-0.4, -0.2) is 0 Å². The molecule has 0 unspecified atom stereocenters. The molecule has 0 aliphatic rings. The lowest BCUT2D eigenvalue weighted by molar-refractivity contribution is 0.624. The Morgan fingerprint density at radius 3 is 2.29 bits per heavy atom. The van der Waals surface area contributed by atoms with Crippen LogP contribution in [0.4, 0.5) is 10.1 Å². The van der Waals surface area contributed by atoms with Gasteiger partial charge in [0.1, 0.15) is 5.82 Å². The first-order valence-corrected chi connectivity index (χ1v) is 6.31. The zero-order valence-electron chi connectivity index (χ0n) is 8.58. The van der Waals surface area contributed by atoms with Crippen LogP contribution in [0.5, 0.6) is 0 Å². The van der Waals surface area contributed by atoms with Gasteiger partial charge in [0.05, 0.1) is 10.0 Å². The van der Waals surface area contributed by atoms with Crippen molar-refractivity contribution in [1.29, 1.82) is 0 Å². The van der Waals surface area contributed by atoms with E-state index in [1.165, 1.54) is 23.9 Å². The van der Waals surface area contributed by atoms with Crippen LogP contribution in [0.25, 0.3) is 0 Å². The second-order valence-electron chi connectivity index (χ2n) is 3.37. The van der Waals surface area contributed by atoms with Crippen molar-refractivity contribution in [2.75, 3.05) is 5.73 Å². The monoisotopic (exact) mass is 287 g/mol. The van der Waals surface area contributed by atoms with Gasteiger partial charge < -0.3 is 5.73 Å². The smallest absolute Gasteiger partial charge is 0.124 e. The maximum absolute atomic E-state index is 13.0. The topological polar surface area (TPSA) is 26.0 Å². The molecule has 0 bridgehead atoms. The third-order valence-electron chi connectivity index (χ3n) is 2.04. The molecular formula is C12H8Cl2FNS. The SMILES string of the molecule is Nc1cc(Cl)c(Sc2cccc(F)c2)c(Cl)c1. The molecular weight excluding hydrogens is 280 g/mol. The highest BCUT2D eigenvalue weighted by Gasteiger charge is 2.09. The minimum absolute atomic E-state index is 0.294. The zero-order chi connectivity index (χ0) is 12.4. The van der Waals surface area contributed by atoms with Crippen LogP contribution in [0.3, 0.4) is 0 Å². The summed E-state index contributed by atoms with van der Waals surface area (Å²) in [6.07, 6.45) is 0. The quantitative estimate of drug-likeness (QED) is 0.798. The van der Waals surface area contributed by atoms with Crippen molar-refractivity contribution in [3.8, 4) is 0 Å². The van der Waals surface area contributed by atoms with Gasteiger partial charge in [0.2, 0.25) is 0 Å². The molecule has 2 aromatic rings. The Morgan fingerprint density at radius 1 is 1.06 bits per heavy atom. The first kappa shape index (κ1) is 12.6. The van der Waals surface area contributed by atoms with Gasteiger partial charge in [-0.2, -0.15) is 0 Å². The lowest BCUT2D eigenvalue weighted by atomic mass is 10.3. The maximum Gasteiger partial charge on any atom is 0.124 e. The normalized spacial score (nSPS) is 10.5. The summed E-state index contributed by atoms with van der Waals surface area (Å²) in [5.41, 5.74) is 6.11. The molecule has 0 heterocycles. The number of nitrogen functional groups attached to an aromatic ring is 1. The van der Waals surface area contributed by atoms with Gasteiger partial charge in [-0.05, 0) is 30.3 Å². The highest BCUT2D eigenvalue weighted by atomic mass is 35.5. The van der Waals surface area contributed by atoms with E-state index in [9.17, 15) is 4.39 Å². The van der Waals surface area contributed by atoms with Crippen molar-refractivity contribution in [1.82, 2.24) is 0 Å². The van der Waals surface area contributed by atoms with Gasteiger partial charge in [0.15, 0.2) is 0 Å². The average Bonchev–Trinajstić information content (AvgIpc) is 2.23. The summed E-state index contributed by atoms with van der Waals surface area (Å²) in [5, 5.41) is 0.925. The molecule has 0 amide bonds. The summed E-state index contributed by atoms with van der Waals surface area (Å²) in [5.74, 6) is -0.294. The minimum Gasteiger partial charge on any atom is -0.399 e. The van der Waals surface area contributed by atoms with Crippen LogP contribution < -0.4 is 5.73 Å². The fourth-order valence-corrected chi connectivity index (χ4v) is 2.93. The number of hydrogen-bond donors (Lipinski definition) is 1. The Morgan fingerprint density at radius 2 is 1.71 bits per heavy atom. The van der Waals surface area contributed by atoms with E-state index < -0.39 is 0 Å². The van der Waals surface area contributed by atoms with Crippen LogP contribution in [0.1, 0.15) is 0 Å². The van der Waals surface area contributed by atoms with Crippen LogP contribution in [0.2, 0.25) is 10.0 Å². The molecule has 0 aromatic heterocycles. The summed E-state index contributed by atoms with van der Waals surface area (Å²) in [6.45, 7) is 0. The molecule has 0 radical (unpaired) electrons. The molecule has 2 aromatic carbocycles. The lowest BCUT2D eigenvalue weighted by Crippen LogP contribution is -1.86. The number of halogens is 3. The predicted molar refractivity (Wildman–Crippen MR) is 71.4 cm³/mol. The first-order valence-electron chi connectivity index (χ1n) is 4.74. The molecule has 0 atom stereocenters. The highest BCUT2D eigenvalue weighted by Crippen LogP contribution is 2.39. The van der Waals surface area contributed by atoms with Crippen LogP contribution in [0, 0.1) is 5.82 Å². The number of rotatable bonds is 2. The zero-order valence-corrected chi connectivity index (χ0v) is 10.9. The van der Waals surface area contributed by atoms with Crippen molar-refractivity contribution in [2.24, 2.45) is 0 Å². The molecule has 1 nitrogen and oxygen atoms in total. The van der Waals surface area contributed by atoms with Gasteiger partial charge in [-0.25, -0.2) is 4.39 Å². The van der Waals surface area contributed by atoms with Crippen molar-refractivity contribution in [2.45, 2.75) is 9.79 Å². The molecule has 0 spiro atoms. The Hall–Kier alpha value is -0.900. The summed E-state index contributed by atoms with van der Waals surface area (Å²) < 4.78 is 13.0. The van der Waals surface area contributed by atoms with Crippen molar-refractivity contribution >= 4 is 40.7 Å². The van der Waals surface area contributed by atoms with Gasteiger partial charge in [-0.1, -0.05) is 41.0 Å². The Balaban J connectivity index is 2.36. The molecule has 0 saturated heterocycles. The number of benzene rings is 2. The van der Waals surface area contributed by atoms with Gasteiger partial charge in [-0.3, -0.25) is 0 Å². The van der Waals surface area contributed by atoms with E-state index in [0.717, 1.165) is 4.90 Å². The first-order chi connectivity index (χ1) is 8.06. The molecule has 0 fully saturated rings. The summed E-state index contributed by atoms with van der Waals surface area (Å²) >= 11 is 13.4. The van der Waals surface area contributed by atoms with E-state index in [1.807, 2.05) is 0 Å². The number of anilines is 1. The number of nitrogens with two attached hydrogens (primary N) is 1. The van der Waals surface area contributed by atoms with Gasteiger partial charge in [0.25, 0.3) is 0 Å².